The van der Waals surface area contributed by atoms with Crippen LogP contribution in [0.5, 0.6) is 23.0 Å². The van der Waals surface area contributed by atoms with Crippen LogP contribution in [-0.4, -0.2) is 0 Å². The van der Waals surface area contributed by atoms with Crippen molar-refractivity contribution in [3.63, 3.8) is 0 Å². The lowest BCUT2D eigenvalue weighted by Crippen LogP contribution is -2.25. The highest BCUT2D eigenvalue weighted by Crippen LogP contribution is 2.68. The first-order chi connectivity index (χ1) is 32.3. The SMILES string of the molecule is c1ccc(N(c2ccc3c(c2)-c2ccccc2C32c3ccccc3-c3ccccc32)c2cccc3c2Oc2c(ccc4c2-c2ccccc2C42c4ccccc4-c4ccccc42)O3)cc1. The molecule has 0 saturated heterocycles. The molecule has 2 spiro atoms. The van der Waals surface area contributed by atoms with E-state index in [-0.39, 0.29) is 0 Å². The first kappa shape index (κ1) is 35.1. The molecule has 1 aliphatic heterocycles. The summed E-state index contributed by atoms with van der Waals surface area (Å²) in [6.45, 7) is 0. The second kappa shape index (κ2) is 12.6. The molecule has 5 aliphatic rings. The number of hydrogen-bond acceptors (Lipinski definition) is 3. The van der Waals surface area contributed by atoms with Crippen LogP contribution < -0.4 is 14.4 Å². The summed E-state index contributed by atoms with van der Waals surface area (Å²) >= 11 is 0. The number of rotatable bonds is 3. The molecular weight excluding hydrogens is 791 g/mol. The van der Waals surface area contributed by atoms with Crippen LogP contribution >= 0.6 is 0 Å². The van der Waals surface area contributed by atoms with Gasteiger partial charge in [0.2, 0.25) is 0 Å². The lowest BCUT2D eigenvalue weighted by Gasteiger charge is -2.33. The molecular formula is C62H37NO2. The first-order valence-electron chi connectivity index (χ1n) is 22.5. The molecule has 3 nitrogen and oxygen atoms in total. The van der Waals surface area contributed by atoms with Crippen molar-refractivity contribution in [1.29, 1.82) is 0 Å². The molecule has 10 aromatic rings. The Hall–Kier alpha value is -8.40. The van der Waals surface area contributed by atoms with Crippen molar-refractivity contribution in [1.82, 2.24) is 0 Å². The van der Waals surface area contributed by atoms with Gasteiger partial charge in [0.25, 0.3) is 0 Å². The molecule has 3 heteroatoms. The normalized spacial score (nSPS) is 14.6. The number of benzene rings is 10. The van der Waals surface area contributed by atoms with Gasteiger partial charge in [-0.2, -0.15) is 0 Å². The average molecular weight is 828 g/mol. The highest BCUT2D eigenvalue weighted by atomic mass is 16.6. The van der Waals surface area contributed by atoms with Crippen LogP contribution in [0.1, 0.15) is 44.5 Å². The molecule has 302 valence electrons. The Morgan fingerprint density at radius 2 is 0.708 bits per heavy atom. The minimum atomic E-state index is -0.494. The second-order valence-corrected chi connectivity index (χ2v) is 17.8. The predicted molar refractivity (Wildman–Crippen MR) is 260 cm³/mol. The van der Waals surface area contributed by atoms with Gasteiger partial charge in [0.05, 0.1) is 16.5 Å². The molecule has 0 N–H and O–H groups in total. The third-order valence-corrected chi connectivity index (χ3v) is 15.0. The molecule has 0 atom stereocenters. The van der Waals surface area contributed by atoms with E-state index in [1.54, 1.807) is 0 Å². The maximum atomic E-state index is 7.45. The highest BCUT2D eigenvalue weighted by molar-refractivity contribution is 6.00. The predicted octanol–water partition coefficient (Wildman–Crippen LogP) is 15.7. The summed E-state index contributed by atoms with van der Waals surface area (Å²) in [5, 5.41) is 0. The zero-order chi connectivity index (χ0) is 42.4. The fourth-order valence-electron chi connectivity index (χ4n) is 12.6. The van der Waals surface area contributed by atoms with Crippen LogP contribution in [0.15, 0.2) is 224 Å². The number of hydrogen-bond donors (Lipinski definition) is 0. The monoisotopic (exact) mass is 827 g/mol. The quantitative estimate of drug-likeness (QED) is 0.177. The van der Waals surface area contributed by atoms with Gasteiger partial charge in [0.15, 0.2) is 23.0 Å². The Morgan fingerprint density at radius 3 is 1.28 bits per heavy atom. The van der Waals surface area contributed by atoms with Crippen LogP contribution in [-0.2, 0) is 10.8 Å². The van der Waals surface area contributed by atoms with Gasteiger partial charge >= 0.3 is 0 Å². The molecule has 0 fully saturated rings. The summed E-state index contributed by atoms with van der Waals surface area (Å²) in [6, 6.07) is 82.0. The van der Waals surface area contributed by atoms with Gasteiger partial charge in [0, 0.05) is 16.9 Å². The molecule has 0 unspecified atom stereocenters. The van der Waals surface area contributed by atoms with E-state index in [1.165, 1.54) is 77.9 Å². The molecule has 0 aromatic heterocycles. The van der Waals surface area contributed by atoms with Gasteiger partial charge in [-0.3, -0.25) is 0 Å². The summed E-state index contributed by atoms with van der Waals surface area (Å²) < 4.78 is 14.4. The van der Waals surface area contributed by atoms with Crippen molar-refractivity contribution in [2.45, 2.75) is 10.8 Å². The molecule has 10 aromatic carbocycles. The van der Waals surface area contributed by atoms with E-state index in [2.05, 4.69) is 223 Å². The summed E-state index contributed by atoms with van der Waals surface area (Å²) in [5.74, 6) is 2.81. The Kier molecular flexibility index (Phi) is 6.82. The summed E-state index contributed by atoms with van der Waals surface area (Å²) in [6.07, 6.45) is 0. The third-order valence-electron chi connectivity index (χ3n) is 15.0. The zero-order valence-corrected chi connectivity index (χ0v) is 35.1. The Morgan fingerprint density at radius 1 is 0.277 bits per heavy atom. The maximum absolute atomic E-state index is 7.45. The van der Waals surface area contributed by atoms with Crippen molar-refractivity contribution in [2.75, 3.05) is 4.90 Å². The number of nitrogens with zero attached hydrogens (tertiary/aromatic N) is 1. The van der Waals surface area contributed by atoms with Gasteiger partial charge < -0.3 is 14.4 Å². The minimum absolute atomic E-state index is 0.420. The highest BCUT2D eigenvalue weighted by Gasteiger charge is 2.54. The number of para-hydroxylation sites is 2. The summed E-state index contributed by atoms with van der Waals surface area (Å²) in [4.78, 5) is 2.33. The topological polar surface area (TPSA) is 21.7 Å². The number of fused-ring (bicyclic) bond motifs is 23. The van der Waals surface area contributed by atoms with E-state index in [9.17, 15) is 0 Å². The Balaban J connectivity index is 0.932. The Labute approximate surface area is 377 Å². The van der Waals surface area contributed by atoms with Crippen LogP contribution in [0.3, 0.4) is 0 Å². The molecule has 0 radical (unpaired) electrons. The summed E-state index contributed by atoms with van der Waals surface area (Å²) in [5.41, 5.74) is 22.3. The molecule has 15 rings (SSSR count). The molecule has 0 bridgehead atoms. The first-order valence-corrected chi connectivity index (χ1v) is 22.5. The van der Waals surface area contributed by atoms with Crippen molar-refractivity contribution in [3.8, 4) is 67.5 Å². The van der Waals surface area contributed by atoms with Crippen molar-refractivity contribution in [2.24, 2.45) is 0 Å². The third kappa shape index (κ3) is 4.26. The standard InChI is InChI=1S/C62H37NO2/c1-2-17-38(18-3-1)63(39-33-34-53-46(37-39)44-23-8-14-29-51(44)61(53)47-25-10-4-19-40(47)41-20-5-11-26-48(41)61)55-31-16-32-56-59(55)65-60-57(64-56)36-35-54-58(60)45-24-9-15-30-52(45)62(54)49-27-12-6-21-42(49)43-22-7-13-28-50(43)62/h1-37H. The zero-order valence-electron chi connectivity index (χ0n) is 35.1. The average Bonchev–Trinajstić information content (AvgIpc) is 4.05. The van der Waals surface area contributed by atoms with E-state index in [0.29, 0.717) is 17.2 Å². The van der Waals surface area contributed by atoms with Crippen molar-refractivity contribution in [3.05, 3.63) is 269 Å². The largest absolute Gasteiger partial charge is 0.449 e. The molecule has 0 amide bonds. The fraction of sp³-hybridized carbons (Fsp3) is 0.0323. The van der Waals surface area contributed by atoms with E-state index in [4.69, 9.17) is 9.47 Å². The molecule has 0 saturated carbocycles. The van der Waals surface area contributed by atoms with Gasteiger partial charge in [-0.25, -0.2) is 0 Å². The molecule has 4 aliphatic carbocycles. The van der Waals surface area contributed by atoms with Crippen LogP contribution in [0.2, 0.25) is 0 Å². The maximum Gasteiger partial charge on any atom is 0.194 e. The second-order valence-electron chi connectivity index (χ2n) is 17.8. The van der Waals surface area contributed by atoms with Crippen LogP contribution in [0.4, 0.5) is 17.1 Å². The lowest BCUT2D eigenvalue weighted by atomic mass is 9.70. The summed E-state index contributed by atoms with van der Waals surface area (Å²) in [7, 11) is 0. The van der Waals surface area contributed by atoms with E-state index in [1.807, 2.05) is 6.07 Å². The fourth-order valence-corrected chi connectivity index (χ4v) is 12.6. The van der Waals surface area contributed by atoms with Crippen LogP contribution in [0.25, 0.3) is 44.5 Å². The van der Waals surface area contributed by atoms with Gasteiger partial charge in [-0.1, -0.05) is 182 Å². The van der Waals surface area contributed by atoms with Gasteiger partial charge in [0.1, 0.15) is 0 Å². The molecule has 1 heterocycles. The van der Waals surface area contributed by atoms with Gasteiger partial charge in [-0.15, -0.1) is 0 Å². The van der Waals surface area contributed by atoms with E-state index >= 15 is 0 Å². The van der Waals surface area contributed by atoms with Crippen molar-refractivity contribution < 1.29 is 9.47 Å². The Bertz CT molecular complexity index is 3610. The van der Waals surface area contributed by atoms with E-state index < -0.39 is 10.8 Å². The smallest absolute Gasteiger partial charge is 0.194 e. The number of anilines is 3. The van der Waals surface area contributed by atoms with Crippen LogP contribution in [0, 0.1) is 0 Å². The van der Waals surface area contributed by atoms with E-state index in [0.717, 1.165) is 33.9 Å². The lowest BCUT2D eigenvalue weighted by molar-refractivity contribution is 0.361. The minimum Gasteiger partial charge on any atom is -0.449 e. The number of ether oxygens (including phenoxy) is 2. The van der Waals surface area contributed by atoms with Crippen molar-refractivity contribution >= 4 is 17.1 Å². The van der Waals surface area contributed by atoms with Gasteiger partial charge in [-0.05, 0) is 126 Å². The molecule has 65 heavy (non-hydrogen) atoms.